The van der Waals surface area contributed by atoms with E-state index < -0.39 is 17.6 Å². The fourth-order valence-corrected chi connectivity index (χ4v) is 7.67. The first-order chi connectivity index (χ1) is 23.7. The Morgan fingerprint density at radius 3 is 2.58 bits per heavy atom. The molecule has 2 aromatic carbocycles. The van der Waals surface area contributed by atoms with Gasteiger partial charge in [-0.25, -0.2) is 23.9 Å². The molecule has 3 amide bonds. The van der Waals surface area contributed by atoms with E-state index in [1.807, 2.05) is 24.3 Å². The van der Waals surface area contributed by atoms with Crippen LogP contribution in [0.25, 0.3) is 22.6 Å². The minimum Gasteiger partial charge on any atom is -0.454 e. The van der Waals surface area contributed by atoms with Crippen LogP contribution in [0, 0.1) is 18.2 Å². The number of esters is 1. The molecule has 260 valence electrons. The molecule has 1 aliphatic carbocycles. The molecule has 13 heteroatoms. The van der Waals surface area contributed by atoms with Gasteiger partial charge in [0.15, 0.2) is 11.5 Å². The number of urea groups is 1. The van der Waals surface area contributed by atoms with Crippen LogP contribution >= 0.6 is 11.6 Å². The molecule has 1 spiro atoms. The van der Waals surface area contributed by atoms with Crippen molar-refractivity contribution >= 4 is 35.2 Å². The molecule has 3 fully saturated rings. The number of carbonyl (C=O) groups is 3. The second kappa shape index (κ2) is 12.6. The van der Waals surface area contributed by atoms with E-state index in [0.717, 1.165) is 37.1 Å². The monoisotopic (exact) mass is 700 g/mol. The average Bonchev–Trinajstić information content (AvgIpc) is 3.51. The third-order valence-corrected chi connectivity index (χ3v) is 10.3. The number of nitrogens with one attached hydrogen (secondary N) is 1. The predicted octanol–water partition coefficient (Wildman–Crippen LogP) is 7.24. The Morgan fingerprint density at radius 1 is 1.14 bits per heavy atom. The Bertz CT molecular complexity index is 2010. The summed E-state index contributed by atoms with van der Waals surface area (Å²) in [5.41, 5.74) is 3.85. The first-order valence-electron chi connectivity index (χ1n) is 16.7. The zero-order valence-electron chi connectivity index (χ0n) is 28.5. The summed E-state index contributed by atoms with van der Waals surface area (Å²) in [7, 11) is 0. The van der Waals surface area contributed by atoms with Crippen LogP contribution in [0.2, 0.25) is 5.02 Å². The summed E-state index contributed by atoms with van der Waals surface area (Å²) in [5.74, 6) is -0.783. The summed E-state index contributed by atoms with van der Waals surface area (Å²) in [6, 6.07) is 12.1. The lowest BCUT2D eigenvalue weighted by molar-refractivity contribution is -0.120. The van der Waals surface area contributed by atoms with Gasteiger partial charge in [-0.1, -0.05) is 41.0 Å². The number of aromatic nitrogens is 3. The maximum Gasteiger partial charge on any atom is 0.377 e. The van der Waals surface area contributed by atoms with Crippen LogP contribution < -0.4 is 10.2 Å². The molecule has 0 bridgehead atoms. The maximum absolute atomic E-state index is 15.6. The number of rotatable bonds is 7. The highest BCUT2D eigenvalue weighted by Crippen LogP contribution is 2.59. The van der Waals surface area contributed by atoms with Crippen LogP contribution in [0.5, 0.6) is 0 Å². The molecule has 7 rings (SSSR count). The number of amides is 3. The van der Waals surface area contributed by atoms with Crippen molar-refractivity contribution in [3.05, 3.63) is 82.1 Å². The fourth-order valence-electron chi connectivity index (χ4n) is 7.29. The number of halogens is 2. The average molecular weight is 701 g/mol. The van der Waals surface area contributed by atoms with Gasteiger partial charge < -0.3 is 9.26 Å². The van der Waals surface area contributed by atoms with Crippen LogP contribution in [-0.4, -0.2) is 63.2 Å². The summed E-state index contributed by atoms with van der Waals surface area (Å²) in [6.07, 6.45) is 3.77. The summed E-state index contributed by atoms with van der Waals surface area (Å²) >= 11 is 6.83. The number of imide groups is 1. The molecule has 3 aliphatic rings. The number of aryl methyl sites for hydroxylation is 1. The van der Waals surface area contributed by atoms with E-state index in [0.29, 0.717) is 40.0 Å². The molecule has 1 N–H and O–H groups in total. The number of hydrogen-bond acceptors (Lipinski definition) is 9. The normalized spacial score (nSPS) is 18.4. The largest absolute Gasteiger partial charge is 0.454 e. The molecule has 2 saturated heterocycles. The molecule has 2 aromatic heterocycles. The van der Waals surface area contributed by atoms with Crippen molar-refractivity contribution in [3.63, 3.8) is 0 Å². The number of nitrogens with zero attached hydrogens (tertiary/aromatic N) is 5. The van der Waals surface area contributed by atoms with Gasteiger partial charge in [0.25, 0.3) is 0 Å². The van der Waals surface area contributed by atoms with E-state index >= 15 is 4.39 Å². The van der Waals surface area contributed by atoms with Crippen molar-refractivity contribution in [2.24, 2.45) is 5.41 Å². The van der Waals surface area contributed by atoms with E-state index in [4.69, 9.17) is 20.9 Å². The van der Waals surface area contributed by atoms with Gasteiger partial charge >= 0.3 is 12.0 Å². The second-order valence-corrected chi connectivity index (χ2v) is 15.0. The number of anilines is 1. The number of hydrogen-bond donors (Lipinski definition) is 1. The molecule has 2 aliphatic heterocycles. The summed E-state index contributed by atoms with van der Waals surface area (Å²) in [4.78, 5) is 49.1. The zero-order valence-corrected chi connectivity index (χ0v) is 29.3. The van der Waals surface area contributed by atoms with Gasteiger partial charge in [-0.3, -0.25) is 19.9 Å². The van der Waals surface area contributed by atoms with E-state index in [-0.39, 0.29) is 46.9 Å². The minimum atomic E-state index is -0.681. The molecule has 1 unspecified atom stereocenters. The second-order valence-electron chi connectivity index (χ2n) is 14.6. The fraction of sp³-hybridized carbons (Fsp3) is 0.405. The Kier molecular flexibility index (Phi) is 8.50. The quantitative estimate of drug-likeness (QED) is 0.198. The first kappa shape index (κ1) is 33.8. The Hall–Kier alpha value is -4.68. The van der Waals surface area contributed by atoms with Crippen molar-refractivity contribution in [3.8, 4) is 22.6 Å². The number of likely N-dealkylation sites (tertiary alicyclic amines) is 1. The van der Waals surface area contributed by atoms with E-state index in [9.17, 15) is 14.4 Å². The highest BCUT2D eigenvalue weighted by molar-refractivity contribution is 6.34. The Balaban J connectivity index is 0.975. The lowest BCUT2D eigenvalue weighted by Crippen LogP contribution is -2.61. The predicted molar refractivity (Wildman–Crippen MR) is 184 cm³/mol. The highest BCUT2D eigenvalue weighted by atomic mass is 35.5. The van der Waals surface area contributed by atoms with Crippen molar-refractivity contribution in [1.29, 1.82) is 0 Å². The lowest BCUT2D eigenvalue weighted by atomic mass is 9.56. The Labute approximate surface area is 294 Å². The number of carbonyl (C=O) groups excluding carboxylic acids is 3. The SMILES string of the molecule is Cc1nc(-c2cc(C(=O)OC(C)(C)C)on2)ncc1-c1ccc(C(C)N2CC3(CC(c4cccc(N5CCC(=O)NC5=O)c4Cl)C3)C2)cc1F. The van der Waals surface area contributed by atoms with Crippen LogP contribution in [-0.2, 0) is 9.53 Å². The van der Waals surface area contributed by atoms with Crippen LogP contribution in [0.15, 0.2) is 53.2 Å². The zero-order chi connectivity index (χ0) is 35.5. The lowest BCUT2D eigenvalue weighted by Gasteiger charge is -2.61. The van der Waals surface area contributed by atoms with E-state index in [2.05, 4.69) is 32.3 Å². The van der Waals surface area contributed by atoms with Gasteiger partial charge in [-0.2, -0.15) is 0 Å². The van der Waals surface area contributed by atoms with Crippen molar-refractivity contribution in [1.82, 2.24) is 25.3 Å². The number of ether oxygens (including phenoxy) is 1. The van der Waals surface area contributed by atoms with E-state index in [1.165, 1.54) is 11.0 Å². The molecule has 0 radical (unpaired) electrons. The van der Waals surface area contributed by atoms with Gasteiger partial charge in [0, 0.05) is 61.2 Å². The van der Waals surface area contributed by atoms with Crippen molar-refractivity contribution in [2.75, 3.05) is 24.5 Å². The molecule has 4 aromatic rings. The topological polar surface area (TPSA) is 131 Å². The van der Waals surface area contributed by atoms with Gasteiger partial charge in [0.1, 0.15) is 11.4 Å². The molecular formula is C37H38ClFN6O5. The summed E-state index contributed by atoms with van der Waals surface area (Å²) < 4.78 is 26.1. The maximum atomic E-state index is 15.6. The van der Waals surface area contributed by atoms with Gasteiger partial charge in [0.2, 0.25) is 11.7 Å². The van der Waals surface area contributed by atoms with Crippen molar-refractivity contribution < 1.29 is 28.0 Å². The van der Waals surface area contributed by atoms with Gasteiger partial charge in [-0.05, 0) is 82.1 Å². The van der Waals surface area contributed by atoms with Crippen LogP contribution in [0.1, 0.15) is 86.3 Å². The molecule has 1 saturated carbocycles. The van der Waals surface area contributed by atoms with Crippen LogP contribution in [0.3, 0.4) is 0 Å². The minimum absolute atomic E-state index is 0.0292. The third-order valence-electron chi connectivity index (χ3n) is 9.86. The molecular weight excluding hydrogens is 663 g/mol. The smallest absolute Gasteiger partial charge is 0.377 e. The summed E-state index contributed by atoms with van der Waals surface area (Å²) in [5, 5.41) is 6.85. The first-order valence-corrected chi connectivity index (χ1v) is 17.1. The van der Waals surface area contributed by atoms with Gasteiger partial charge in [-0.15, -0.1) is 0 Å². The highest BCUT2D eigenvalue weighted by Gasteiger charge is 2.54. The van der Waals surface area contributed by atoms with E-state index in [1.54, 1.807) is 46.0 Å². The molecule has 11 nitrogen and oxygen atoms in total. The molecule has 50 heavy (non-hydrogen) atoms. The van der Waals surface area contributed by atoms with Gasteiger partial charge in [0.05, 0.1) is 10.7 Å². The molecule has 4 heterocycles. The Morgan fingerprint density at radius 2 is 1.90 bits per heavy atom. The van der Waals surface area contributed by atoms with Crippen molar-refractivity contribution in [2.45, 2.75) is 71.4 Å². The standard InChI is InChI=1S/C37H38ClFN6O5/c1-20-26(17-40-33(41-20)28-14-30(50-43-28)34(47)49-36(3,4)5)25-10-9-22(13-27(25)39)21(2)44-18-37(19-44)15-23(16-37)24-7-6-8-29(32(24)38)45-12-11-31(46)42-35(45)48/h6-10,13-14,17,21,23H,11-12,15-16,18-19H2,1-5H3,(H,42,46,48). The van der Waals surface area contributed by atoms with Crippen LogP contribution in [0.4, 0.5) is 14.9 Å². The third kappa shape index (κ3) is 6.37. The number of benzene rings is 2. The molecule has 1 atom stereocenters. The summed E-state index contributed by atoms with van der Waals surface area (Å²) in [6.45, 7) is 11.3.